The summed E-state index contributed by atoms with van der Waals surface area (Å²) in [4.78, 5) is 0. The quantitative estimate of drug-likeness (QED) is 0.608. The Morgan fingerprint density at radius 1 is 1.21 bits per heavy atom. The maximum atomic E-state index is 3.58. The molecule has 0 saturated heterocycles. The second-order valence-corrected chi connectivity index (χ2v) is 5.42. The Balaban J connectivity index is 1.39. The summed E-state index contributed by atoms with van der Waals surface area (Å²) in [5, 5.41) is 7.12. The van der Waals surface area contributed by atoms with Crippen LogP contribution in [0.5, 0.6) is 0 Å². The third-order valence-electron chi connectivity index (χ3n) is 3.65. The zero-order chi connectivity index (χ0) is 9.86. The molecule has 2 rings (SSSR count). The average molecular weight is 196 g/mol. The molecule has 2 N–H and O–H groups in total. The Hall–Kier alpha value is -0.0800. The fraction of sp³-hybridized carbons (Fsp3) is 1.00. The zero-order valence-corrected chi connectivity index (χ0v) is 9.44. The number of hydrogen-bond acceptors (Lipinski definition) is 2. The number of hydrogen-bond donors (Lipinski definition) is 2. The van der Waals surface area contributed by atoms with E-state index in [2.05, 4.69) is 17.6 Å². The summed E-state index contributed by atoms with van der Waals surface area (Å²) in [6.07, 6.45) is 8.41. The molecule has 0 atom stereocenters. The summed E-state index contributed by atoms with van der Waals surface area (Å²) < 4.78 is 0. The SMILES string of the molecule is CC1(CNCCCNC2CC2)CCC1. The van der Waals surface area contributed by atoms with Gasteiger partial charge in [-0.15, -0.1) is 0 Å². The molecule has 0 aromatic rings. The maximum absolute atomic E-state index is 3.58. The molecule has 2 nitrogen and oxygen atoms in total. The monoisotopic (exact) mass is 196 g/mol. The summed E-state index contributed by atoms with van der Waals surface area (Å²) in [6, 6.07) is 0.874. The minimum Gasteiger partial charge on any atom is -0.316 e. The summed E-state index contributed by atoms with van der Waals surface area (Å²) in [5.41, 5.74) is 0.643. The summed E-state index contributed by atoms with van der Waals surface area (Å²) in [7, 11) is 0. The van der Waals surface area contributed by atoms with Gasteiger partial charge in [0.15, 0.2) is 0 Å². The molecule has 82 valence electrons. The van der Waals surface area contributed by atoms with Gasteiger partial charge in [-0.05, 0) is 50.6 Å². The number of nitrogens with one attached hydrogen (secondary N) is 2. The van der Waals surface area contributed by atoms with Crippen molar-refractivity contribution in [2.45, 2.75) is 51.5 Å². The van der Waals surface area contributed by atoms with Crippen LogP contribution in [0, 0.1) is 5.41 Å². The summed E-state index contributed by atoms with van der Waals surface area (Å²) in [6.45, 7) is 6.03. The first kappa shape index (κ1) is 10.4. The molecule has 0 bridgehead atoms. The largest absolute Gasteiger partial charge is 0.316 e. The van der Waals surface area contributed by atoms with E-state index in [4.69, 9.17) is 0 Å². The standard InChI is InChI=1S/C12H24N2/c1-12(6-2-7-12)10-13-8-3-9-14-11-4-5-11/h11,13-14H,2-10H2,1H3. The second-order valence-electron chi connectivity index (χ2n) is 5.42. The Morgan fingerprint density at radius 3 is 2.57 bits per heavy atom. The second kappa shape index (κ2) is 4.63. The van der Waals surface area contributed by atoms with Crippen LogP contribution in [0.15, 0.2) is 0 Å². The molecule has 0 heterocycles. The smallest absolute Gasteiger partial charge is 0.00682 e. The Morgan fingerprint density at radius 2 is 2.00 bits per heavy atom. The molecule has 0 aromatic carbocycles. The van der Waals surface area contributed by atoms with Gasteiger partial charge in [0.2, 0.25) is 0 Å². The van der Waals surface area contributed by atoms with Crippen LogP contribution in [0.2, 0.25) is 0 Å². The van der Waals surface area contributed by atoms with Crippen molar-refractivity contribution >= 4 is 0 Å². The number of rotatable bonds is 7. The lowest BCUT2D eigenvalue weighted by molar-refractivity contribution is 0.157. The van der Waals surface area contributed by atoms with E-state index in [9.17, 15) is 0 Å². The highest BCUT2D eigenvalue weighted by Crippen LogP contribution is 2.39. The lowest BCUT2D eigenvalue weighted by Crippen LogP contribution is -2.38. The fourth-order valence-electron chi connectivity index (χ4n) is 2.15. The molecule has 2 saturated carbocycles. The molecular weight excluding hydrogens is 172 g/mol. The van der Waals surface area contributed by atoms with Crippen molar-refractivity contribution in [3.05, 3.63) is 0 Å². The Labute approximate surface area is 87.8 Å². The Kier molecular flexibility index (Phi) is 3.45. The van der Waals surface area contributed by atoms with E-state index in [1.807, 2.05) is 0 Å². The molecule has 2 aliphatic carbocycles. The molecule has 0 aromatic heterocycles. The van der Waals surface area contributed by atoms with Crippen molar-refractivity contribution in [3.8, 4) is 0 Å². The highest BCUT2D eigenvalue weighted by atomic mass is 15.0. The van der Waals surface area contributed by atoms with Gasteiger partial charge in [-0.25, -0.2) is 0 Å². The van der Waals surface area contributed by atoms with Gasteiger partial charge in [0, 0.05) is 12.6 Å². The summed E-state index contributed by atoms with van der Waals surface area (Å²) >= 11 is 0. The van der Waals surface area contributed by atoms with Gasteiger partial charge in [-0.3, -0.25) is 0 Å². The van der Waals surface area contributed by atoms with Crippen LogP contribution in [0.4, 0.5) is 0 Å². The van der Waals surface area contributed by atoms with E-state index in [0.29, 0.717) is 5.41 Å². The lowest BCUT2D eigenvalue weighted by atomic mass is 9.70. The first-order chi connectivity index (χ1) is 6.79. The first-order valence-corrected chi connectivity index (χ1v) is 6.23. The fourth-order valence-corrected chi connectivity index (χ4v) is 2.15. The predicted molar refractivity (Wildman–Crippen MR) is 60.5 cm³/mol. The van der Waals surface area contributed by atoms with Crippen LogP contribution in [-0.2, 0) is 0 Å². The van der Waals surface area contributed by atoms with Crippen molar-refractivity contribution in [1.82, 2.24) is 10.6 Å². The molecule has 2 heteroatoms. The summed E-state index contributed by atoms with van der Waals surface area (Å²) in [5.74, 6) is 0. The van der Waals surface area contributed by atoms with Gasteiger partial charge in [0.05, 0.1) is 0 Å². The van der Waals surface area contributed by atoms with Gasteiger partial charge in [0.25, 0.3) is 0 Å². The van der Waals surface area contributed by atoms with Crippen LogP contribution < -0.4 is 10.6 Å². The molecule has 0 radical (unpaired) electrons. The van der Waals surface area contributed by atoms with Crippen molar-refractivity contribution < 1.29 is 0 Å². The lowest BCUT2D eigenvalue weighted by Gasteiger charge is -2.38. The van der Waals surface area contributed by atoms with Gasteiger partial charge in [-0.1, -0.05) is 13.3 Å². The highest BCUT2D eigenvalue weighted by molar-refractivity contribution is 4.85. The van der Waals surface area contributed by atoms with Crippen LogP contribution in [0.1, 0.15) is 45.4 Å². The van der Waals surface area contributed by atoms with E-state index in [1.165, 1.54) is 58.2 Å². The zero-order valence-electron chi connectivity index (χ0n) is 9.44. The average Bonchev–Trinajstić information content (AvgIpc) is 2.91. The van der Waals surface area contributed by atoms with E-state index in [0.717, 1.165) is 6.04 Å². The van der Waals surface area contributed by atoms with Gasteiger partial charge >= 0.3 is 0 Å². The molecule has 0 amide bonds. The maximum Gasteiger partial charge on any atom is 0.00682 e. The minimum atomic E-state index is 0.643. The molecule has 14 heavy (non-hydrogen) atoms. The highest BCUT2D eigenvalue weighted by Gasteiger charge is 2.30. The van der Waals surface area contributed by atoms with Crippen LogP contribution in [-0.4, -0.2) is 25.7 Å². The molecule has 0 aliphatic heterocycles. The van der Waals surface area contributed by atoms with Gasteiger partial charge < -0.3 is 10.6 Å². The van der Waals surface area contributed by atoms with Gasteiger partial charge in [0.1, 0.15) is 0 Å². The van der Waals surface area contributed by atoms with Crippen LogP contribution in [0.3, 0.4) is 0 Å². The van der Waals surface area contributed by atoms with Crippen molar-refractivity contribution in [1.29, 1.82) is 0 Å². The predicted octanol–water partition coefficient (Wildman–Crippen LogP) is 1.91. The van der Waals surface area contributed by atoms with E-state index in [1.54, 1.807) is 0 Å². The normalized spacial score (nSPS) is 24.6. The molecule has 2 fully saturated rings. The van der Waals surface area contributed by atoms with Crippen molar-refractivity contribution in [2.24, 2.45) is 5.41 Å². The van der Waals surface area contributed by atoms with E-state index < -0.39 is 0 Å². The van der Waals surface area contributed by atoms with Crippen LogP contribution in [0.25, 0.3) is 0 Å². The topological polar surface area (TPSA) is 24.1 Å². The van der Waals surface area contributed by atoms with Gasteiger partial charge in [-0.2, -0.15) is 0 Å². The first-order valence-electron chi connectivity index (χ1n) is 6.23. The van der Waals surface area contributed by atoms with E-state index in [-0.39, 0.29) is 0 Å². The van der Waals surface area contributed by atoms with Crippen LogP contribution >= 0.6 is 0 Å². The third kappa shape index (κ3) is 3.25. The molecule has 0 unspecified atom stereocenters. The third-order valence-corrected chi connectivity index (χ3v) is 3.65. The molecular formula is C12H24N2. The van der Waals surface area contributed by atoms with Crippen molar-refractivity contribution in [3.63, 3.8) is 0 Å². The van der Waals surface area contributed by atoms with E-state index >= 15 is 0 Å². The Bertz CT molecular complexity index is 171. The minimum absolute atomic E-state index is 0.643. The van der Waals surface area contributed by atoms with Crippen molar-refractivity contribution in [2.75, 3.05) is 19.6 Å². The molecule has 0 spiro atoms. The molecule has 2 aliphatic rings.